The molecule has 0 bridgehead atoms. The molecule has 12 heteroatoms. The second kappa shape index (κ2) is 8.36. The maximum absolute atomic E-state index is 12.6. The number of anilines is 1. The molecule has 4 heterocycles. The zero-order valence-electron chi connectivity index (χ0n) is 17.9. The first-order chi connectivity index (χ1) is 16.3. The Balaban J connectivity index is 1.33. The van der Waals surface area contributed by atoms with E-state index in [0.29, 0.717) is 24.1 Å². The zero-order valence-corrected chi connectivity index (χ0v) is 18.8. The highest BCUT2D eigenvalue weighted by Gasteiger charge is 2.34. The van der Waals surface area contributed by atoms with E-state index >= 15 is 0 Å². The topological polar surface area (TPSA) is 167 Å². The van der Waals surface area contributed by atoms with E-state index in [1.807, 2.05) is 12.1 Å². The van der Waals surface area contributed by atoms with Crippen LogP contribution in [0.4, 0.5) is 5.69 Å². The van der Waals surface area contributed by atoms with Crippen LogP contribution in [0.2, 0.25) is 0 Å². The van der Waals surface area contributed by atoms with Crippen molar-refractivity contribution in [2.24, 2.45) is 0 Å². The van der Waals surface area contributed by atoms with Crippen LogP contribution in [0.1, 0.15) is 35.8 Å². The molecule has 0 atom stereocenters. The maximum Gasteiger partial charge on any atom is 0.258 e. The second-order valence-electron chi connectivity index (χ2n) is 8.01. The number of nitrogens with one attached hydrogen (secondary N) is 3. The molecule has 0 amide bonds. The number of H-pyrrole nitrogens is 1. The van der Waals surface area contributed by atoms with Crippen molar-refractivity contribution in [3.05, 3.63) is 54.3 Å². The van der Waals surface area contributed by atoms with Crippen LogP contribution in [0, 0.1) is 11.3 Å². The van der Waals surface area contributed by atoms with E-state index in [9.17, 15) is 13.2 Å². The molecule has 11 nitrogen and oxygen atoms in total. The predicted octanol–water partition coefficient (Wildman–Crippen LogP) is 2.61. The summed E-state index contributed by atoms with van der Waals surface area (Å²) < 4.78 is 33.4. The van der Waals surface area contributed by atoms with Crippen molar-refractivity contribution in [2.45, 2.75) is 36.9 Å². The van der Waals surface area contributed by atoms with E-state index in [0.717, 1.165) is 11.1 Å². The lowest BCUT2D eigenvalue weighted by Crippen LogP contribution is -2.49. The average Bonchev–Trinajstić information content (AvgIpc) is 3.47. The highest BCUT2D eigenvalue weighted by molar-refractivity contribution is 7.89. The van der Waals surface area contributed by atoms with Crippen molar-refractivity contribution >= 4 is 32.5 Å². The number of nitrogens with zero attached hydrogens (tertiary/aromatic N) is 4. The van der Waals surface area contributed by atoms with Crippen LogP contribution >= 0.6 is 0 Å². The smallest absolute Gasteiger partial charge is 0.258 e. The van der Waals surface area contributed by atoms with Gasteiger partial charge in [0, 0.05) is 43.0 Å². The Kier molecular flexibility index (Phi) is 5.35. The fraction of sp³-hybridized carbons (Fsp3) is 0.227. The van der Waals surface area contributed by atoms with Gasteiger partial charge in [-0.15, -0.1) is 0 Å². The number of rotatable bonds is 7. The van der Waals surface area contributed by atoms with Crippen LogP contribution in [0.15, 0.2) is 52.5 Å². The molecule has 172 valence electrons. The molecule has 0 aliphatic heterocycles. The van der Waals surface area contributed by atoms with Crippen LogP contribution in [0.5, 0.6) is 0 Å². The highest BCUT2D eigenvalue weighted by Crippen LogP contribution is 2.36. The van der Waals surface area contributed by atoms with E-state index in [1.54, 1.807) is 12.4 Å². The van der Waals surface area contributed by atoms with Crippen molar-refractivity contribution < 1.29 is 17.6 Å². The summed E-state index contributed by atoms with van der Waals surface area (Å²) in [5, 5.41) is 13.1. The first kappa shape index (κ1) is 21.7. The fourth-order valence-corrected chi connectivity index (χ4v) is 5.06. The number of aromatic amines is 1. The van der Waals surface area contributed by atoms with Crippen molar-refractivity contribution in [2.75, 3.05) is 5.32 Å². The van der Waals surface area contributed by atoms with Crippen LogP contribution < -0.4 is 10.0 Å². The predicted molar refractivity (Wildman–Crippen MR) is 121 cm³/mol. The van der Waals surface area contributed by atoms with Gasteiger partial charge in [0.1, 0.15) is 17.6 Å². The molecular formula is C22H19N7O4S. The van der Waals surface area contributed by atoms with E-state index in [4.69, 9.17) is 9.68 Å². The van der Waals surface area contributed by atoms with Crippen molar-refractivity contribution in [3.8, 4) is 17.5 Å². The minimum absolute atomic E-state index is 0.0207. The third kappa shape index (κ3) is 4.02. The lowest BCUT2D eigenvalue weighted by Gasteiger charge is -2.37. The fourth-order valence-electron chi connectivity index (χ4n) is 3.83. The average molecular weight is 478 g/mol. The number of carbonyl (C=O) groups is 1. The van der Waals surface area contributed by atoms with Gasteiger partial charge in [0.15, 0.2) is 10.8 Å². The molecule has 0 spiro atoms. The molecule has 4 aromatic heterocycles. The third-order valence-electron chi connectivity index (χ3n) is 5.63. The molecule has 0 aromatic carbocycles. The summed E-state index contributed by atoms with van der Waals surface area (Å²) in [7, 11) is -3.84. The summed E-state index contributed by atoms with van der Waals surface area (Å²) in [5.74, 6) is 0.0624. The summed E-state index contributed by atoms with van der Waals surface area (Å²) in [4.78, 5) is 27.2. The summed E-state index contributed by atoms with van der Waals surface area (Å²) in [5.41, 5.74) is 2.45. The SMILES string of the molecule is CC(=O)c1coc(-c2cnc3[nH]ccc3c2NC2CC(NS(=O)(=O)c3cc(C#N)ccn3)C2)n1. The van der Waals surface area contributed by atoms with E-state index in [-0.39, 0.29) is 40.0 Å². The lowest BCUT2D eigenvalue weighted by molar-refractivity contribution is 0.101. The largest absolute Gasteiger partial charge is 0.444 e. The molecule has 34 heavy (non-hydrogen) atoms. The van der Waals surface area contributed by atoms with Crippen LogP contribution in [0.25, 0.3) is 22.5 Å². The van der Waals surface area contributed by atoms with E-state index in [1.165, 1.54) is 31.5 Å². The highest BCUT2D eigenvalue weighted by atomic mass is 32.2. The molecule has 4 aromatic rings. The van der Waals surface area contributed by atoms with Crippen LogP contribution in [-0.2, 0) is 10.0 Å². The van der Waals surface area contributed by atoms with Gasteiger partial charge in [-0.3, -0.25) is 4.79 Å². The molecule has 0 unspecified atom stereocenters. The molecule has 3 N–H and O–H groups in total. The number of Topliss-reactive ketones (excluding diaryl/α,β-unsaturated/α-hetero) is 1. The number of fused-ring (bicyclic) bond motifs is 1. The van der Waals surface area contributed by atoms with Gasteiger partial charge in [-0.2, -0.15) is 5.26 Å². The summed E-state index contributed by atoms with van der Waals surface area (Å²) in [6.07, 6.45) is 7.06. The number of nitriles is 1. The number of oxazole rings is 1. The Bertz CT molecular complexity index is 1540. The maximum atomic E-state index is 12.6. The third-order valence-corrected chi connectivity index (χ3v) is 7.05. The number of sulfonamides is 1. The van der Waals surface area contributed by atoms with Gasteiger partial charge >= 0.3 is 0 Å². The Labute approximate surface area is 194 Å². The monoisotopic (exact) mass is 477 g/mol. The van der Waals surface area contributed by atoms with Gasteiger partial charge < -0.3 is 14.7 Å². The van der Waals surface area contributed by atoms with Gasteiger partial charge in [0.25, 0.3) is 10.0 Å². The Morgan fingerprint density at radius 2 is 2.09 bits per heavy atom. The van der Waals surface area contributed by atoms with Gasteiger partial charge in [0.05, 0.1) is 22.9 Å². The number of carbonyl (C=O) groups excluding carboxylic acids is 1. The van der Waals surface area contributed by atoms with Crippen molar-refractivity contribution in [1.29, 1.82) is 5.26 Å². The molecule has 5 rings (SSSR count). The Hall–Kier alpha value is -4.08. The zero-order chi connectivity index (χ0) is 23.9. The number of aromatic nitrogens is 4. The van der Waals surface area contributed by atoms with Gasteiger partial charge in [0.2, 0.25) is 5.89 Å². The molecule has 1 fully saturated rings. The minimum Gasteiger partial charge on any atom is -0.444 e. The summed E-state index contributed by atoms with van der Waals surface area (Å²) in [6.45, 7) is 1.41. The van der Waals surface area contributed by atoms with Gasteiger partial charge in [-0.05, 0) is 31.0 Å². The molecule has 1 aliphatic rings. The summed E-state index contributed by atoms with van der Waals surface area (Å²) in [6, 6.07) is 6.17. The normalized spacial score (nSPS) is 17.8. The lowest BCUT2D eigenvalue weighted by atomic mass is 9.87. The number of hydrogen-bond donors (Lipinski definition) is 3. The first-order valence-electron chi connectivity index (χ1n) is 10.4. The second-order valence-corrected chi connectivity index (χ2v) is 9.67. The Morgan fingerprint density at radius 1 is 1.26 bits per heavy atom. The van der Waals surface area contributed by atoms with Gasteiger partial charge in [-0.25, -0.2) is 28.1 Å². The first-order valence-corrected chi connectivity index (χ1v) is 11.9. The van der Waals surface area contributed by atoms with Crippen molar-refractivity contribution in [3.63, 3.8) is 0 Å². The minimum atomic E-state index is -3.84. The Morgan fingerprint density at radius 3 is 2.82 bits per heavy atom. The van der Waals surface area contributed by atoms with E-state index in [2.05, 4.69) is 30.0 Å². The van der Waals surface area contributed by atoms with Crippen LogP contribution in [0.3, 0.4) is 0 Å². The molecule has 0 radical (unpaired) electrons. The van der Waals surface area contributed by atoms with Crippen molar-refractivity contribution in [1.82, 2.24) is 24.7 Å². The molecule has 1 aliphatic carbocycles. The van der Waals surface area contributed by atoms with E-state index < -0.39 is 10.0 Å². The molecule has 1 saturated carbocycles. The van der Waals surface area contributed by atoms with Crippen LogP contribution in [-0.4, -0.2) is 46.2 Å². The quantitative estimate of drug-likeness (QED) is 0.339. The summed E-state index contributed by atoms with van der Waals surface area (Å²) >= 11 is 0. The number of hydrogen-bond acceptors (Lipinski definition) is 9. The number of ketones is 1. The molecular weight excluding hydrogens is 458 g/mol. The van der Waals surface area contributed by atoms with Gasteiger partial charge in [-0.1, -0.05) is 0 Å². The number of pyridine rings is 2. The molecule has 0 saturated heterocycles. The standard InChI is InChI=1S/C22H19N7O4S/c1-12(30)18-11-33-22(28-18)17-10-26-21-16(3-5-25-21)20(17)27-14-7-15(8-14)29-34(31,32)19-6-13(9-23)2-4-24-19/h2-6,10-11,14-15,29H,7-8H2,1H3,(H2,25,26,27).